The second kappa shape index (κ2) is 7.36. The molecule has 1 fully saturated rings. The van der Waals surface area contributed by atoms with Gasteiger partial charge in [0.15, 0.2) is 6.10 Å². The molecule has 1 aliphatic heterocycles. The number of benzene rings is 1. The SMILES string of the molecule is Cl.O=C(C(O)c1ccccc1)N1CCCNCC1. The predicted octanol–water partition coefficient (Wildman–Crippen LogP) is 0.964. The summed E-state index contributed by atoms with van der Waals surface area (Å²) in [4.78, 5) is 13.8. The maximum Gasteiger partial charge on any atom is 0.256 e. The van der Waals surface area contributed by atoms with Gasteiger partial charge in [-0.05, 0) is 18.5 Å². The summed E-state index contributed by atoms with van der Waals surface area (Å²) in [5.41, 5.74) is 0.662. The maximum atomic E-state index is 12.1. The van der Waals surface area contributed by atoms with E-state index in [1.807, 2.05) is 18.2 Å². The average Bonchev–Trinajstić information content (AvgIpc) is 2.67. The van der Waals surface area contributed by atoms with Crippen molar-refractivity contribution in [1.82, 2.24) is 10.2 Å². The van der Waals surface area contributed by atoms with Crippen molar-refractivity contribution in [3.05, 3.63) is 35.9 Å². The highest BCUT2D eigenvalue weighted by atomic mass is 35.5. The van der Waals surface area contributed by atoms with Gasteiger partial charge in [0.25, 0.3) is 5.91 Å². The number of nitrogens with one attached hydrogen (secondary N) is 1. The van der Waals surface area contributed by atoms with E-state index in [2.05, 4.69) is 5.32 Å². The fourth-order valence-electron chi connectivity index (χ4n) is 2.02. The van der Waals surface area contributed by atoms with Gasteiger partial charge in [0.05, 0.1) is 0 Å². The van der Waals surface area contributed by atoms with Gasteiger partial charge >= 0.3 is 0 Å². The minimum Gasteiger partial charge on any atom is -0.378 e. The molecule has 1 aliphatic rings. The van der Waals surface area contributed by atoms with E-state index >= 15 is 0 Å². The highest BCUT2D eigenvalue weighted by Gasteiger charge is 2.23. The standard InChI is InChI=1S/C13H18N2O2.ClH/c16-12(11-5-2-1-3-6-11)13(17)15-9-4-7-14-8-10-15;/h1-3,5-6,12,14,16H,4,7-10H2;1H. The average molecular weight is 271 g/mol. The third-order valence-electron chi connectivity index (χ3n) is 3.00. The van der Waals surface area contributed by atoms with Crippen LogP contribution in [0.5, 0.6) is 0 Å². The zero-order valence-electron chi connectivity index (χ0n) is 10.2. The monoisotopic (exact) mass is 270 g/mol. The van der Waals surface area contributed by atoms with Crippen molar-refractivity contribution in [2.75, 3.05) is 26.2 Å². The molecule has 0 saturated carbocycles. The highest BCUT2D eigenvalue weighted by Crippen LogP contribution is 2.15. The van der Waals surface area contributed by atoms with Crippen molar-refractivity contribution in [3.8, 4) is 0 Å². The topological polar surface area (TPSA) is 52.6 Å². The zero-order chi connectivity index (χ0) is 12.1. The second-order valence-corrected chi connectivity index (χ2v) is 4.24. The Labute approximate surface area is 113 Å². The fourth-order valence-corrected chi connectivity index (χ4v) is 2.02. The Bertz CT molecular complexity index is 365. The van der Waals surface area contributed by atoms with Gasteiger partial charge in [-0.3, -0.25) is 4.79 Å². The Morgan fingerprint density at radius 3 is 2.67 bits per heavy atom. The summed E-state index contributed by atoms with van der Waals surface area (Å²) >= 11 is 0. The van der Waals surface area contributed by atoms with Gasteiger partial charge in [0, 0.05) is 19.6 Å². The van der Waals surface area contributed by atoms with Gasteiger partial charge in [0.2, 0.25) is 0 Å². The van der Waals surface area contributed by atoms with Crippen LogP contribution in [0.4, 0.5) is 0 Å². The lowest BCUT2D eigenvalue weighted by Crippen LogP contribution is -2.37. The van der Waals surface area contributed by atoms with E-state index in [-0.39, 0.29) is 18.3 Å². The number of halogens is 1. The van der Waals surface area contributed by atoms with E-state index in [1.54, 1.807) is 17.0 Å². The van der Waals surface area contributed by atoms with Gasteiger partial charge in [0.1, 0.15) is 0 Å². The van der Waals surface area contributed by atoms with Gasteiger partial charge in [-0.25, -0.2) is 0 Å². The maximum absolute atomic E-state index is 12.1. The molecule has 5 heteroatoms. The number of aliphatic hydroxyl groups excluding tert-OH is 1. The van der Waals surface area contributed by atoms with Crippen LogP contribution in [0.1, 0.15) is 18.1 Å². The smallest absolute Gasteiger partial charge is 0.256 e. The zero-order valence-corrected chi connectivity index (χ0v) is 11.0. The first-order valence-corrected chi connectivity index (χ1v) is 6.01. The molecular weight excluding hydrogens is 252 g/mol. The minimum absolute atomic E-state index is 0. The number of aliphatic hydroxyl groups is 1. The van der Waals surface area contributed by atoms with E-state index in [9.17, 15) is 9.90 Å². The molecule has 2 N–H and O–H groups in total. The Hall–Kier alpha value is -1.10. The van der Waals surface area contributed by atoms with Crippen molar-refractivity contribution in [1.29, 1.82) is 0 Å². The normalized spacial score (nSPS) is 17.5. The molecule has 0 spiro atoms. The second-order valence-electron chi connectivity index (χ2n) is 4.24. The molecule has 1 amide bonds. The van der Waals surface area contributed by atoms with Crippen molar-refractivity contribution in [3.63, 3.8) is 0 Å². The lowest BCUT2D eigenvalue weighted by Gasteiger charge is -2.23. The van der Waals surface area contributed by atoms with Gasteiger partial charge < -0.3 is 15.3 Å². The molecule has 2 rings (SSSR count). The third-order valence-corrected chi connectivity index (χ3v) is 3.00. The van der Waals surface area contributed by atoms with E-state index in [0.717, 1.165) is 26.1 Å². The fraction of sp³-hybridized carbons (Fsp3) is 0.462. The Kier molecular flexibility index (Phi) is 6.12. The lowest BCUT2D eigenvalue weighted by molar-refractivity contribution is -0.140. The number of hydrogen-bond acceptors (Lipinski definition) is 3. The minimum atomic E-state index is -1.03. The van der Waals surface area contributed by atoms with Crippen LogP contribution in [0.3, 0.4) is 0 Å². The van der Waals surface area contributed by atoms with Gasteiger partial charge in [-0.1, -0.05) is 30.3 Å². The Balaban J connectivity index is 0.00000162. The quantitative estimate of drug-likeness (QED) is 0.842. The van der Waals surface area contributed by atoms with Crippen molar-refractivity contribution < 1.29 is 9.90 Å². The number of carbonyl (C=O) groups excluding carboxylic acids is 1. The van der Waals surface area contributed by atoms with Crippen LogP contribution < -0.4 is 5.32 Å². The molecule has 4 nitrogen and oxygen atoms in total. The summed E-state index contributed by atoms with van der Waals surface area (Å²) in [6.45, 7) is 3.12. The highest BCUT2D eigenvalue weighted by molar-refractivity contribution is 5.85. The first kappa shape index (κ1) is 15.0. The molecule has 1 atom stereocenters. The molecule has 1 unspecified atom stereocenters. The molecular formula is C13H19ClN2O2. The molecule has 1 heterocycles. The largest absolute Gasteiger partial charge is 0.378 e. The number of amides is 1. The van der Waals surface area contributed by atoms with E-state index < -0.39 is 6.10 Å². The van der Waals surface area contributed by atoms with Crippen LogP contribution in [-0.4, -0.2) is 42.1 Å². The van der Waals surface area contributed by atoms with Crippen molar-refractivity contribution in [2.45, 2.75) is 12.5 Å². The molecule has 100 valence electrons. The first-order valence-electron chi connectivity index (χ1n) is 6.01. The molecule has 1 saturated heterocycles. The molecule has 0 aliphatic carbocycles. The third kappa shape index (κ3) is 3.70. The van der Waals surface area contributed by atoms with Gasteiger partial charge in [-0.15, -0.1) is 12.4 Å². The lowest BCUT2D eigenvalue weighted by atomic mass is 10.1. The first-order chi connectivity index (χ1) is 8.29. The molecule has 18 heavy (non-hydrogen) atoms. The molecule has 0 radical (unpaired) electrons. The summed E-state index contributed by atoms with van der Waals surface area (Å²) in [5, 5.41) is 13.3. The van der Waals surface area contributed by atoms with Crippen molar-refractivity contribution in [2.24, 2.45) is 0 Å². The summed E-state index contributed by atoms with van der Waals surface area (Å²) in [5.74, 6) is -0.195. The number of rotatable bonds is 2. The summed E-state index contributed by atoms with van der Waals surface area (Å²) < 4.78 is 0. The number of nitrogens with zero attached hydrogens (tertiary/aromatic N) is 1. The molecule has 0 bridgehead atoms. The molecule has 1 aromatic carbocycles. The Morgan fingerprint density at radius 2 is 1.94 bits per heavy atom. The Morgan fingerprint density at radius 1 is 1.22 bits per heavy atom. The van der Waals surface area contributed by atoms with Crippen LogP contribution in [-0.2, 0) is 4.79 Å². The van der Waals surface area contributed by atoms with Crippen LogP contribution in [0.25, 0.3) is 0 Å². The van der Waals surface area contributed by atoms with Crippen LogP contribution in [0.15, 0.2) is 30.3 Å². The van der Waals surface area contributed by atoms with Crippen LogP contribution in [0.2, 0.25) is 0 Å². The predicted molar refractivity (Wildman–Crippen MR) is 72.7 cm³/mol. The summed E-state index contributed by atoms with van der Waals surface area (Å²) in [7, 11) is 0. The number of carbonyl (C=O) groups is 1. The van der Waals surface area contributed by atoms with E-state index in [1.165, 1.54) is 0 Å². The van der Waals surface area contributed by atoms with Crippen LogP contribution in [0, 0.1) is 0 Å². The number of hydrogen-bond donors (Lipinski definition) is 2. The summed E-state index contributed by atoms with van der Waals surface area (Å²) in [6.07, 6.45) is -0.0953. The van der Waals surface area contributed by atoms with Gasteiger partial charge in [-0.2, -0.15) is 0 Å². The van der Waals surface area contributed by atoms with E-state index in [0.29, 0.717) is 12.1 Å². The summed E-state index contributed by atoms with van der Waals surface area (Å²) in [6, 6.07) is 9.08. The molecule has 0 aromatic heterocycles. The van der Waals surface area contributed by atoms with Crippen LogP contribution >= 0.6 is 12.4 Å². The molecule has 1 aromatic rings. The van der Waals surface area contributed by atoms with Crippen molar-refractivity contribution >= 4 is 18.3 Å². The van der Waals surface area contributed by atoms with E-state index in [4.69, 9.17) is 0 Å².